The van der Waals surface area contributed by atoms with Crippen molar-refractivity contribution < 1.29 is 14.3 Å². The van der Waals surface area contributed by atoms with E-state index in [4.69, 9.17) is 15.2 Å². The lowest BCUT2D eigenvalue weighted by atomic mass is 9.90. The molecule has 0 aromatic heterocycles. The van der Waals surface area contributed by atoms with Gasteiger partial charge in [-0.05, 0) is 57.3 Å². The minimum absolute atomic E-state index is 0.177. The molecule has 4 rings (SSSR count). The highest BCUT2D eigenvalue weighted by atomic mass is 32.2. The molecule has 1 aliphatic heterocycles. The van der Waals surface area contributed by atoms with Crippen molar-refractivity contribution in [2.75, 3.05) is 39.1 Å². The van der Waals surface area contributed by atoms with E-state index < -0.39 is 0 Å². The van der Waals surface area contributed by atoms with Gasteiger partial charge in [-0.15, -0.1) is 0 Å². The standard InChI is InChI=1S/C34H40N2O3S/c1-3-40-21-17-27(18-22-40)25-36(26-31(29-11-6-4-7-12-29)30-13-8-5-9-14-30)19-10-20-39-32-16-15-28(24-34(35)37)23-33(32)38-2/h4-9,11-18,21-23,31H,3,10,19-20,24-26H2,1-2H3,(H2,35,37). The fourth-order valence-corrected chi connectivity index (χ4v) is 6.06. The number of carbonyl (C=O) groups excluding carboxylic acids is 1. The summed E-state index contributed by atoms with van der Waals surface area (Å²) in [4.78, 5) is 13.8. The Morgan fingerprint density at radius 2 is 1.68 bits per heavy atom. The van der Waals surface area contributed by atoms with Crippen LogP contribution in [0.4, 0.5) is 0 Å². The quantitative estimate of drug-likeness (QED) is 0.180. The average molecular weight is 557 g/mol. The third kappa shape index (κ3) is 8.70. The van der Waals surface area contributed by atoms with Crippen LogP contribution in [0.15, 0.2) is 102 Å². The van der Waals surface area contributed by atoms with Gasteiger partial charge < -0.3 is 15.2 Å². The second-order valence-electron chi connectivity index (χ2n) is 9.88. The van der Waals surface area contributed by atoms with Crippen LogP contribution in [-0.2, 0) is 11.2 Å². The number of hydrogen-bond donors (Lipinski definition) is 1. The zero-order valence-corrected chi connectivity index (χ0v) is 24.3. The van der Waals surface area contributed by atoms with Gasteiger partial charge in [0.1, 0.15) is 0 Å². The molecule has 1 aliphatic rings. The van der Waals surface area contributed by atoms with Crippen molar-refractivity contribution >= 4 is 21.8 Å². The largest absolute Gasteiger partial charge is 0.493 e. The molecular weight excluding hydrogens is 516 g/mol. The molecule has 40 heavy (non-hydrogen) atoms. The van der Waals surface area contributed by atoms with Crippen LogP contribution in [0.3, 0.4) is 0 Å². The summed E-state index contributed by atoms with van der Waals surface area (Å²) in [6.07, 6.45) is 5.64. The molecule has 0 aliphatic carbocycles. The van der Waals surface area contributed by atoms with Gasteiger partial charge >= 0.3 is 0 Å². The molecule has 0 spiro atoms. The van der Waals surface area contributed by atoms with Crippen LogP contribution in [0.1, 0.15) is 36.0 Å². The van der Waals surface area contributed by atoms with Crippen LogP contribution in [0.2, 0.25) is 0 Å². The predicted molar refractivity (Wildman–Crippen MR) is 169 cm³/mol. The van der Waals surface area contributed by atoms with E-state index in [0.29, 0.717) is 18.1 Å². The SMILES string of the molecule is CCS1=CC=C(CN(CCCOc2ccc(CC(N)=O)cc2OC)CC(c2ccccc2)c2ccccc2)C=C1. The number of carbonyl (C=O) groups is 1. The minimum Gasteiger partial charge on any atom is -0.493 e. The second kappa shape index (κ2) is 15.2. The summed E-state index contributed by atoms with van der Waals surface area (Å²) < 4.78 is 11.6. The number of allylic oxidation sites excluding steroid dienone is 1. The smallest absolute Gasteiger partial charge is 0.221 e. The van der Waals surface area contributed by atoms with E-state index in [1.165, 1.54) is 16.7 Å². The monoisotopic (exact) mass is 556 g/mol. The lowest BCUT2D eigenvalue weighted by Crippen LogP contribution is -2.32. The fraction of sp³-hybridized carbons (Fsp3) is 0.294. The number of hydrogen-bond acceptors (Lipinski definition) is 4. The first-order chi connectivity index (χ1) is 19.6. The third-order valence-corrected chi connectivity index (χ3v) is 8.62. The van der Waals surface area contributed by atoms with E-state index in [0.717, 1.165) is 37.4 Å². The molecule has 5 nitrogen and oxygen atoms in total. The van der Waals surface area contributed by atoms with Gasteiger partial charge in [0.05, 0.1) is 20.1 Å². The van der Waals surface area contributed by atoms with Crippen LogP contribution < -0.4 is 15.2 Å². The number of nitrogens with zero attached hydrogens (tertiary/aromatic N) is 1. The van der Waals surface area contributed by atoms with E-state index in [-0.39, 0.29) is 28.7 Å². The van der Waals surface area contributed by atoms with Gasteiger partial charge in [0.2, 0.25) is 5.91 Å². The van der Waals surface area contributed by atoms with Crippen molar-refractivity contribution in [1.82, 2.24) is 4.90 Å². The molecule has 6 heteroatoms. The molecule has 0 fully saturated rings. The topological polar surface area (TPSA) is 64.8 Å². The molecule has 1 heterocycles. The van der Waals surface area contributed by atoms with Crippen LogP contribution in [0.5, 0.6) is 11.5 Å². The summed E-state index contributed by atoms with van der Waals surface area (Å²) in [5.41, 5.74) is 10.1. The highest BCUT2D eigenvalue weighted by Gasteiger charge is 2.19. The molecule has 0 bridgehead atoms. The zero-order chi connectivity index (χ0) is 28.2. The first-order valence-corrected chi connectivity index (χ1v) is 15.4. The van der Waals surface area contributed by atoms with Crippen molar-refractivity contribution in [3.8, 4) is 11.5 Å². The zero-order valence-electron chi connectivity index (χ0n) is 23.5. The summed E-state index contributed by atoms with van der Waals surface area (Å²) in [5, 5.41) is 4.69. The van der Waals surface area contributed by atoms with Crippen molar-refractivity contribution in [2.45, 2.75) is 25.7 Å². The maximum absolute atomic E-state index is 11.3. The number of ether oxygens (including phenoxy) is 2. The molecule has 0 radical (unpaired) electrons. The number of nitrogens with two attached hydrogens (primary N) is 1. The Labute approximate surface area is 241 Å². The van der Waals surface area contributed by atoms with Gasteiger partial charge in [0.25, 0.3) is 0 Å². The maximum Gasteiger partial charge on any atom is 0.221 e. The van der Waals surface area contributed by atoms with E-state index in [1.807, 2.05) is 18.2 Å². The van der Waals surface area contributed by atoms with Gasteiger partial charge in [-0.1, -0.05) is 85.8 Å². The summed E-state index contributed by atoms with van der Waals surface area (Å²) in [5.74, 6) is 2.34. The van der Waals surface area contributed by atoms with Crippen molar-refractivity contribution in [3.05, 3.63) is 119 Å². The molecule has 0 saturated heterocycles. The normalized spacial score (nSPS) is 14.6. The van der Waals surface area contributed by atoms with E-state index in [2.05, 4.69) is 95.4 Å². The Balaban J connectivity index is 1.47. The van der Waals surface area contributed by atoms with E-state index in [9.17, 15) is 4.79 Å². The molecular formula is C34H40N2O3S. The molecule has 210 valence electrons. The van der Waals surface area contributed by atoms with Crippen LogP contribution in [0.25, 0.3) is 0 Å². The van der Waals surface area contributed by atoms with E-state index >= 15 is 0 Å². The van der Waals surface area contributed by atoms with Crippen molar-refractivity contribution in [1.29, 1.82) is 0 Å². The number of rotatable bonds is 15. The lowest BCUT2D eigenvalue weighted by molar-refractivity contribution is -0.117. The van der Waals surface area contributed by atoms with Gasteiger partial charge in [-0.3, -0.25) is 9.69 Å². The predicted octanol–water partition coefficient (Wildman–Crippen LogP) is 6.17. The average Bonchev–Trinajstić information content (AvgIpc) is 2.99. The first-order valence-electron chi connectivity index (χ1n) is 13.9. The number of primary amides is 1. The van der Waals surface area contributed by atoms with Crippen molar-refractivity contribution in [3.63, 3.8) is 0 Å². The second-order valence-corrected chi connectivity index (χ2v) is 11.9. The Bertz CT molecular complexity index is 1300. The number of methoxy groups -OCH3 is 1. The summed E-state index contributed by atoms with van der Waals surface area (Å²) in [6.45, 7) is 5.48. The molecule has 2 N–H and O–H groups in total. The molecule has 3 aromatic rings. The Morgan fingerprint density at radius 1 is 0.975 bits per heavy atom. The molecule has 1 atom stereocenters. The Morgan fingerprint density at radius 3 is 2.25 bits per heavy atom. The lowest BCUT2D eigenvalue weighted by Gasteiger charge is -2.29. The fourth-order valence-electron chi connectivity index (χ4n) is 4.89. The summed E-state index contributed by atoms with van der Waals surface area (Å²) in [6, 6.07) is 27.1. The molecule has 0 saturated carbocycles. The summed E-state index contributed by atoms with van der Waals surface area (Å²) in [7, 11) is 1.86. The molecule has 3 aromatic carbocycles. The maximum atomic E-state index is 11.3. The number of amides is 1. The van der Waals surface area contributed by atoms with Gasteiger partial charge in [0.15, 0.2) is 11.5 Å². The molecule has 1 amide bonds. The van der Waals surface area contributed by atoms with Gasteiger partial charge in [-0.2, -0.15) is 10.5 Å². The highest BCUT2D eigenvalue weighted by molar-refractivity contribution is 8.17. The molecule has 1 unspecified atom stereocenters. The third-order valence-electron chi connectivity index (χ3n) is 6.98. The highest BCUT2D eigenvalue weighted by Crippen LogP contribution is 2.29. The number of benzene rings is 3. The van der Waals surface area contributed by atoms with Crippen LogP contribution >= 0.6 is 10.5 Å². The van der Waals surface area contributed by atoms with Crippen molar-refractivity contribution in [2.24, 2.45) is 5.73 Å². The van der Waals surface area contributed by atoms with Crippen LogP contribution in [-0.4, -0.2) is 55.3 Å². The summed E-state index contributed by atoms with van der Waals surface area (Å²) >= 11 is 0. The Hall–Kier alpha value is -3.61. The van der Waals surface area contributed by atoms with E-state index in [1.54, 1.807) is 7.11 Å². The minimum atomic E-state index is -0.369. The first kappa shape index (κ1) is 29.4. The van der Waals surface area contributed by atoms with Gasteiger partial charge in [0, 0.05) is 25.6 Å². The Kier molecular flexibility index (Phi) is 11.2. The van der Waals surface area contributed by atoms with Gasteiger partial charge in [-0.25, -0.2) is 0 Å². The van der Waals surface area contributed by atoms with Crippen LogP contribution in [0, 0.1) is 0 Å².